The monoisotopic (exact) mass is 286 g/mol. The molecular formula is C14H17F3N2O. The molecule has 0 radical (unpaired) electrons. The van der Waals surface area contributed by atoms with Crippen molar-refractivity contribution in [3.8, 4) is 0 Å². The fourth-order valence-corrected chi connectivity index (χ4v) is 2.33. The van der Waals surface area contributed by atoms with Crippen LogP contribution < -0.4 is 10.6 Å². The Labute approximate surface area is 115 Å². The van der Waals surface area contributed by atoms with Crippen molar-refractivity contribution < 1.29 is 18.0 Å². The minimum atomic E-state index is -4.55. The van der Waals surface area contributed by atoms with E-state index in [2.05, 4.69) is 10.6 Å². The molecule has 20 heavy (non-hydrogen) atoms. The number of halogens is 3. The van der Waals surface area contributed by atoms with Gasteiger partial charge in [-0.2, -0.15) is 13.2 Å². The maximum Gasteiger partial charge on any atom is 0.404 e. The zero-order chi connectivity index (χ0) is 14.8. The second-order valence-electron chi connectivity index (χ2n) is 5.01. The van der Waals surface area contributed by atoms with Gasteiger partial charge in [0.15, 0.2) is 5.41 Å². The summed E-state index contributed by atoms with van der Waals surface area (Å²) >= 11 is 0. The van der Waals surface area contributed by atoms with Crippen LogP contribution in [0.2, 0.25) is 0 Å². The van der Waals surface area contributed by atoms with Crippen LogP contribution in [0.1, 0.15) is 18.9 Å². The molecule has 1 heterocycles. The van der Waals surface area contributed by atoms with Crippen molar-refractivity contribution in [3.05, 3.63) is 29.8 Å². The summed E-state index contributed by atoms with van der Waals surface area (Å²) in [5, 5.41) is 5.01. The lowest BCUT2D eigenvalue weighted by Gasteiger charge is -2.29. The molecule has 2 N–H and O–H groups in total. The Morgan fingerprint density at radius 2 is 2.00 bits per heavy atom. The van der Waals surface area contributed by atoms with Crippen LogP contribution in [0.3, 0.4) is 0 Å². The van der Waals surface area contributed by atoms with Crippen LogP contribution in [0, 0.1) is 5.41 Å². The number of benzene rings is 1. The smallest absolute Gasteiger partial charge is 0.325 e. The van der Waals surface area contributed by atoms with Gasteiger partial charge in [-0.1, -0.05) is 19.1 Å². The second-order valence-corrected chi connectivity index (χ2v) is 5.01. The van der Waals surface area contributed by atoms with Crippen molar-refractivity contribution in [2.24, 2.45) is 5.41 Å². The molecule has 0 aliphatic carbocycles. The van der Waals surface area contributed by atoms with E-state index in [-0.39, 0.29) is 19.5 Å². The number of nitrogens with one attached hydrogen (secondary N) is 2. The Hall–Kier alpha value is -1.56. The molecule has 3 nitrogen and oxygen atoms in total. The predicted octanol–water partition coefficient (Wildman–Crippen LogP) is 2.73. The zero-order valence-corrected chi connectivity index (χ0v) is 11.2. The lowest BCUT2D eigenvalue weighted by molar-refractivity contribution is -0.213. The van der Waals surface area contributed by atoms with E-state index in [4.69, 9.17) is 0 Å². The van der Waals surface area contributed by atoms with E-state index in [0.29, 0.717) is 5.69 Å². The molecular weight excluding hydrogens is 269 g/mol. The topological polar surface area (TPSA) is 41.1 Å². The summed E-state index contributed by atoms with van der Waals surface area (Å²) in [4.78, 5) is 12.1. The zero-order valence-electron chi connectivity index (χ0n) is 11.2. The maximum absolute atomic E-state index is 13.2. The molecule has 1 aliphatic heterocycles. The highest BCUT2D eigenvalue weighted by atomic mass is 19.4. The average Bonchev–Trinajstić information content (AvgIpc) is 2.90. The normalized spacial score (nSPS) is 22.8. The van der Waals surface area contributed by atoms with Crippen molar-refractivity contribution >= 4 is 11.6 Å². The van der Waals surface area contributed by atoms with Gasteiger partial charge in [-0.25, -0.2) is 0 Å². The lowest BCUT2D eigenvalue weighted by atomic mass is 9.85. The molecule has 0 saturated carbocycles. The number of carbonyl (C=O) groups is 1. The van der Waals surface area contributed by atoms with Crippen LogP contribution in [0.15, 0.2) is 24.3 Å². The molecule has 1 saturated heterocycles. The molecule has 1 aromatic carbocycles. The molecule has 1 atom stereocenters. The molecule has 0 bridgehead atoms. The molecule has 1 unspecified atom stereocenters. The van der Waals surface area contributed by atoms with Crippen molar-refractivity contribution in [2.45, 2.75) is 25.9 Å². The van der Waals surface area contributed by atoms with Crippen LogP contribution in [0.4, 0.5) is 18.9 Å². The summed E-state index contributed by atoms with van der Waals surface area (Å²) in [6.07, 6.45) is -3.94. The van der Waals surface area contributed by atoms with E-state index < -0.39 is 17.5 Å². The second kappa shape index (κ2) is 5.44. The van der Waals surface area contributed by atoms with Crippen molar-refractivity contribution in [1.29, 1.82) is 0 Å². The summed E-state index contributed by atoms with van der Waals surface area (Å²) in [5.41, 5.74) is -0.866. The number of anilines is 1. The van der Waals surface area contributed by atoms with Gasteiger partial charge in [0.05, 0.1) is 0 Å². The SMILES string of the molecule is CCc1ccc(NC(=O)C2(C(F)(F)F)CCNC2)cc1. The van der Waals surface area contributed by atoms with Gasteiger partial charge in [0, 0.05) is 12.2 Å². The number of carbonyl (C=O) groups excluding carboxylic acids is 1. The summed E-state index contributed by atoms with van der Waals surface area (Å²) in [7, 11) is 0. The first-order valence-corrected chi connectivity index (χ1v) is 6.57. The number of hydrogen-bond donors (Lipinski definition) is 2. The van der Waals surface area contributed by atoms with E-state index in [1.165, 1.54) is 0 Å². The Morgan fingerprint density at radius 1 is 1.35 bits per heavy atom. The molecule has 6 heteroatoms. The summed E-state index contributed by atoms with van der Waals surface area (Å²) in [6, 6.07) is 6.85. The Bertz CT molecular complexity index is 476. The van der Waals surface area contributed by atoms with E-state index in [0.717, 1.165) is 12.0 Å². The fourth-order valence-electron chi connectivity index (χ4n) is 2.33. The molecule has 1 aliphatic rings. The molecule has 0 spiro atoms. The van der Waals surface area contributed by atoms with Crippen LogP contribution in [0.25, 0.3) is 0 Å². The van der Waals surface area contributed by atoms with E-state index in [1.54, 1.807) is 24.3 Å². The summed E-state index contributed by atoms with van der Waals surface area (Å²) < 4.78 is 39.6. The van der Waals surface area contributed by atoms with Crippen molar-refractivity contribution in [2.75, 3.05) is 18.4 Å². The first-order chi connectivity index (χ1) is 9.39. The Balaban J connectivity index is 2.17. The highest BCUT2D eigenvalue weighted by Crippen LogP contribution is 2.43. The van der Waals surface area contributed by atoms with Gasteiger partial charge < -0.3 is 10.6 Å². The van der Waals surface area contributed by atoms with Gasteiger partial charge in [0.1, 0.15) is 0 Å². The average molecular weight is 286 g/mol. The number of aryl methyl sites for hydroxylation is 1. The number of amides is 1. The minimum absolute atomic E-state index is 0.196. The molecule has 1 amide bonds. The third-order valence-corrected chi connectivity index (χ3v) is 3.75. The van der Waals surface area contributed by atoms with Gasteiger partial charge in [-0.05, 0) is 37.1 Å². The molecule has 1 aromatic rings. The molecule has 2 rings (SSSR count). The van der Waals surface area contributed by atoms with Crippen molar-refractivity contribution in [1.82, 2.24) is 5.32 Å². The first kappa shape index (κ1) is 14.8. The van der Waals surface area contributed by atoms with Crippen LogP contribution >= 0.6 is 0 Å². The highest BCUT2D eigenvalue weighted by molar-refractivity contribution is 5.96. The van der Waals surface area contributed by atoms with Crippen LogP contribution in [-0.4, -0.2) is 25.2 Å². The van der Waals surface area contributed by atoms with Gasteiger partial charge >= 0.3 is 6.18 Å². The third kappa shape index (κ3) is 2.65. The Kier molecular flexibility index (Phi) is 4.04. The fraction of sp³-hybridized carbons (Fsp3) is 0.500. The van der Waals surface area contributed by atoms with Crippen molar-refractivity contribution in [3.63, 3.8) is 0 Å². The third-order valence-electron chi connectivity index (χ3n) is 3.75. The van der Waals surface area contributed by atoms with Gasteiger partial charge in [-0.15, -0.1) is 0 Å². The highest BCUT2D eigenvalue weighted by Gasteiger charge is 2.61. The van der Waals surface area contributed by atoms with E-state index >= 15 is 0 Å². The molecule has 0 aromatic heterocycles. The van der Waals surface area contributed by atoms with Gasteiger partial charge in [0.25, 0.3) is 0 Å². The van der Waals surface area contributed by atoms with E-state index in [1.807, 2.05) is 6.92 Å². The van der Waals surface area contributed by atoms with E-state index in [9.17, 15) is 18.0 Å². The Morgan fingerprint density at radius 3 is 2.45 bits per heavy atom. The molecule has 1 fully saturated rings. The van der Waals surface area contributed by atoms with Gasteiger partial charge in [-0.3, -0.25) is 4.79 Å². The summed E-state index contributed by atoms with van der Waals surface area (Å²) in [6.45, 7) is 1.81. The lowest BCUT2D eigenvalue weighted by Crippen LogP contribution is -2.49. The number of alkyl halides is 3. The largest absolute Gasteiger partial charge is 0.404 e. The standard InChI is InChI=1S/C14H17F3N2O/c1-2-10-3-5-11(6-4-10)19-12(20)13(14(15,16)17)7-8-18-9-13/h3-6,18H,2,7-9H2,1H3,(H,19,20). The van der Waals surface area contributed by atoms with Gasteiger partial charge in [0.2, 0.25) is 5.91 Å². The first-order valence-electron chi connectivity index (χ1n) is 6.57. The quantitative estimate of drug-likeness (QED) is 0.897. The summed E-state index contributed by atoms with van der Waals surface area (Å²) in [5.74, 6) is -0.987. The van der Waals surface area contributed by atoms with Crippen LogP contribution in [-0.2, 0) is 11.2 Å². The number of hydrogen-bond acceptors (Lipinski definition) is 2. The maximum atomic E-state index is 13.2. The molecule has 110 valence electrons. The van der Waals surface area contributed by atoms with Crippen LogP contribution in [0.5, 0.6) is 0 Å². The number of rotatable bonds is 3. The predicted molar refractivity (Wildman–Crippen MR) is 70.4 cm³/mol. The minimum Gasteiger partial charge on any atom is -0.325 e.